The largest absolute Gasteiger partial charge is 0.378 e. The van der Waals surface area contributed by atoms with Crippen molar-refractivity contribution >= 4 is 5.91 Å². The molecular formula is C17H24N2O3. The molecule has 1 aromatic rings. The van der Waals surface area contributed by atoms with Gasteiger partial charge < -0.3 is 14.4 Å². The summed E-state index contributed by atoms with van der Waals surface area (Å²) in [7, 11) is 0. The number of morpholine rings is 2. The van der Waals surface area contributed by atoms with Crippen LogP contribution in [0.1, 0.15) is 18.1 Å². The fourth-order valence-corrected chi connectivity index (χ4v) is 3.00. The smallest absolute Gasteiger partial charge is 0.224 e. The van der Waals surface area contributed by atoms with E-state index in [2.05, 4.69) is 17.0 Å². The van der Waals surface area contributed by atoms with Gasteiger partial charge in [-0.25, -0.2) is 0 Å². The van der Waals surface area contributed by atoms with Crippen LogP contribution in [0, 0.1) is 0 Å². The minimum atomic E-state index is 0.119. The molecule has 2 aliphatic heterocycles. The third-order valence-corrected chi connectivity index (χ3v) is 4.33. The molecule has 1 aromatic carbocycles. The van der Waals surface area contributed by atoms with Crippen molar-refractivity contribution in [1.29, 1.82) is 0 Å². The van der Waals surface area contributed by atoms with Crippen molar-refractivity contribution in [2.75, 3.05) is 52.5 Å². The van der Waals surface area contributed by atoms with Gasteiger partial charge in [0.25, 0.3) is 0 Å². The van der Waals surface area contributed by atoms with E-state index in [0.29, 0.717) is 19.6 Å². The Morgan fingerprint density at radius 3 is 2.64 bits per heavy atom. The van der Waals surface area contributed by atoms with E-state index in [4.69, 9.17) is 9.47 Å². The van der Waals surface area contributed by atoms with E-state index in [-0.39, 0.29) is 12.0 Å². The Hall–Kier alpha value is -1.43. The average Bonchev–Trinajstić information content (AvgIpc) is 2.61. The Kier molecular flexibility index (Phi) is 5.43. The van der Waals surface area contributed by atoms with Crippen LogP contribution in [0.4, 0.5) is 0 Å². The van der Waals surface area contributed by atoms with Gasteiger partial charge in [-0.1, -0.05) is 30.3 Å². The lowest BCUT2D eigenvalue weighted by Gasteiger charge is -2.34. The zero-order valence-electron chi connectivity index (χ0n) is 12.9. The second kappa shape index (κ2) is 7.72. The quantitative estimate of drug-likeness (QED) is 0.841. The maximum Gasteiger partial charge on any atom is 0.224 e. The van der Waals surface area contributed by atoms with Gasteiger partial charge in [0.05, 0.1) is 25.9 Å². The average molecular weight is 304 g/mol. The van der Waals surface area contributed by atoms with Crippen molar-refractivity contribution in [2.45, 2.75) is 12.5 Å². The van der Waals surface area contributed by atoms with Crippen LogP contribution in [-0.2, 0) is 14.3 Å². The third-order valence-electron chi connectivity index (χ3n) is 4.33. The number of amides is 1. The van der Waals surface area contributed by atoms with Gasteiger partial charge in [0.1, 0.15) is 0 Å². The fourth-order valence-electron chi connectivity index (χ4n) is 3.00. The second-order valence-electron chi connectivity index (χ2n) is 5.81. The Bertz CT molecular complexity index is 474. The monoisotopic (exact) mass is 304 g/mol. The maximum atomic E-state index is 12.2. The van der Waals surface area contributed by atoms with E-state index in [1.807, 2.05) is 23.1 Å². The lowest BCUT2D eigenvalue weighted by molar-refractivity contribution is -0.136. The van der Waals surface area contributed by atoms with Crippen molar-refractivity contribution in [3.8, 4) is 0 Å². The van der Waals surface area contributed by atoms with Crippen molar-refractivity contribution in [3.63, 3.8) is 0 Å². The molecule has 0 bridgehead atoms. The first-order valence-corrected chi connectivity index (χ1v) is 8.07. The molecule has 2 aliphatic rings. The van der Waals surface area contributed by atoms with Gasteiger partial charge in [0, 0.05) is 39.1 Å². The van der Waals surface area contributed by atoms with Crippen LogP contribution in [0.5, 0.6) is 0 Å². The number of carbonyl (C=O) groups is 1. The van der Waals surface area contributed by atoms with E-state index < -0.39 is 0 Å². The first kappa shape index (κ1) is 15.5. The van der Waals surface area contributed by atoms with Gasteiger partial charge in [-0.2, -0.15) is 0 Å². The topological polar surface area (TPSA) is 42.0 Å². The second-order valence-corrected chi connectivity index (χ2v) is 5.81. The number of hydrogen-bond acceptors (Lipinski definition) is 4. The number of hydrogen-bond donors (Lipinski definition) is 0. The minimum Gasteiger partial charge on any atom is -0.378 e. The van der Waals surface area contributed by atoms with Crippen LogP contribution < -0.4 is 0 Å². The van der Waals surface area contributed by atoms with E-state index in [1.165, 1.54) is 5.56 Å². The molecule has 5 nitrogen and oxygen atoms in total. The predicted molar refractivity (Wildman–Crippen MR) is 83.6 cm³/mol. The highest BCUT2D eigenvalue weighted by Gasteiger charge is 2.23. The van der Waals surface area contributed by atoms with E-state index in [1.54, 1.807) is 0 Å². The third kappa shape index (κ3) is 4.06. The highest BCUT2D eigenvalue weighted by molar-refractivity contribution is 5.76. The van der Waals surface area contributed by atoms with Crippen LogP contribution in [-0.4, -0.2) is 68.3 Å². The molecule has 3 rings (SSSR count). The van der Waals surface area contributed by atoms with E-state index in [9.17, 15) is 4.79 Å². The number of carbonyl (C=O) groups excluding carboxylic acids is 1. The summed E-state index contributed by atoms with van der Waals surface area (Å²) >= 11 is 0. The van der Waals surface area contributed by atoms with Gasteiger partial charge in [-0.15, -0.1) is 0 Å². The summed E-state index contributed by atoms with van der Waals surface area (Å²) in [5.41, 5.74) is 1.21. The highest BCUT2D eigenvalue weighted by Crippen LogP contribution is 2.21. The normalized spacial score (nSPS) is 23.5. The summed E-state index contributed by atoms with van der Waals surface area (Å²) in [4.78, 5) is 16.5. The minimum absolute atomic E-state index is 0.119. The van der Waals surface area contributed by atoms with Crippen molar-refractivity contribution < 1.29 is 14.3 Å². The Balaban J connectivity index is 1.47. The molecule has 120 valence electrons. The van der Waals surface area contributed by atoms with Gasteiger partial charge in [0.15, 0.2) is 0 Å². The summed E-state index contributed by atoms with van der Waals surface area (Å²) in [5, 5.41) is 0. The van der Waals surface area contributed by atoms with Crippen LogP contribution in [0.2, 0.25) is 0 Å². The van der Waals surface area contributed by atoms with E-state index >= 15 is 0 Å². The molecule has 0 radical (unpaired) electrons. The van der Waals surface area contributed by atoms with Gasteiger partial charge in [-0.05, 0) is 5.56 Å². The molecule has 0 aromatic heterocycles. The van der Waals surface area contributed by atoms with Crippen molar-refractivity contribution in [1.82, 2.24) is 9.80 Å². The number of benzene rings is 1. The SMILES string of the molecule is O=C(CCN1CCO[C@H](c2ccccc2)C1)N1CCOCC1. The van der Waals surface area contributed by atoms with Crippen LogP contribution in [0.3, 0.4) is 0 Å². The highest BCUT2D eigenvalue weighted by atomic mass is 16.5. The first-order chi connectivity index (χ1) is 10.8. The van der Waals surface area contributed by atoms with Gasteiger partial charge in [0.2, 0.25) is 5.91 Å². The molecular weight excluding hydrogens is 280 g/mol. The lowest BCUT2D eigenvalue weighted by atomic mass is 10.1. The molecule has 22 heavy (non-hydrogen) atoms. The standard InChI is InChI=1S/C17H24N2O3/c20-17(19-9-11-21-12-10-19)6-7-18-8-13-22-16(14-18)15-4-2-1-3-5-15/h1-5,16H,6-14H2/t16-/m0/s1. The molecule has 2 heterocycles. The summed E-state index contributed by atoms with van der Waals surface area (Å²) < 4.78 is 11.2. The van der Waals surface area contributed by atoms with Crippen LogP contribution in [0.15, 0.2) is 30.3 Å². The Morgan fingerprint density at radius 1 is 1.09 bits per heavy atom. The maximum absolute atomic E-state index is 12.2. The summed E-state index contributed by atoms with van der Waals surface area (Å²) in [6.45, 7) is 6.09. The number of ether oxygens (including phenoxy) is 2. The molecule has 0 spiro atoms. The lowest BCUT2D eigenvalue weighted by Crippen LogP contribution is -2.44. The van der Waals surface area contributed by atoms with Crippen LogP contribution in [0.25, 0.3) is 0 Å². The molecule has 1 amide bonds. The number of rotatable bonds is 4. The summed E-state index contributed by atoms with van der Waals surface area (Å²) in [6.07, 6.45) is 0.704. The Morgan fingerprint density at radius 2 is 1.86 bits per heavy atom. The fraction of sp³-hybridized carbons (Fsp3) is 0.588. The summed E-state index contributed by atoms with van der Waals surface area (Å²) in [6, 6.07) is 10.3. The predicted octanol–water partition coefficient (Wildman–Crippen LogP) is 1.31. The first-order valence-electron chi connectivity index (χ1n) is 8.07. The molecule has 0 N–H and O–H groups in total. The van der Waals surface area contributed by atoms with Crippen molar-refractivity contribution in [2.24, 2.45) is 0 Å². The van der Waals surface area contributed by atoms with Gasteiger partial charge >= 0.3 is 0 Å². The zero-order chi connectivity index (χ0) is 15.2. The molecule has 0 aliphatic carbocycles. The number of nitrogens with zero attached hydrogens (tertiary/aromatic N) is 2. The molecule has 1 atom stereocenters. The molecule has 0 saturated carbocycles. The zero-order valence-corrected chi connectivity index (χ0v) is 12.9. The van der Waals surface area contributed by atoms with E-state index in [0.717, 1.165) is 39.3 Å². The van der Waals surface area contributed by atoms with Gasteiger partial charge in [-0.3, -0.25) is 9.69 Å². The molecule has 2 fully saturated rings. The molecule has 0 unspecified atom stereocenters. The molecule has 5 heteroatoms. The summed E-state index contributed by atoms with van der Waals surface area (Å²) in [5.74, 6) is 0.242. The van der Waals surface area contributed by atoms with Crippen LogP contribution >= 0.6 is 0 Å². The molecule has 2 saturated heterocycles. The Labute approximate surface area is 131 Å². The van der Waals surface area contributed by atoms with Crippen molar-refractivity contribution in [3.05, 3.63) is 35.9 Å².